The topological polar surface area (TPSA) is 83.1 Å². The third-order valence-corrected chi connectivity index (χ3v) is 4.03. The second-order valence-electron chi connectivity index (χ2n) is 5.93. The Labute approximate surface area is 157 Å². The van der Waals surface area contributed by atoms with Crippen LogP contribution in [0.5, 0.6) is 0 Å². The van der Waals surface area contributed by atoms with E-state index in [-0.39, 0.29) is 11.9 Å². The van der Waals surface area contributed by atoms with Gasteiger partial charge in [-0.2, -0.15) is 0 Å². The minimum absolute atomic E-state index is 0.230. The highest BCUT2D eigenvalue weighted by atomic mass is 16.2. The second-order valence-corrected chi connectivity index (χ2v) is 5.93. The lowest BCUT2D eigenvalue weighted by atomic mass is 10.1. The molecule has 0 unspecified atom stereocenters. The number of pyridine rings is 1. The van der Waals surface area contributed by atoms with Gasteiger partial charge in [0, 0.05) is 24.0 Å². The van der Waals surface area contributed by atoms with E-state index in [1.807, 2.05) is 43.3 Å². The van der Waals surface area contributed by atoms with Crippen LogP contribution in [0.3, 0.4) is 0 Å². The number of hydrogen-bond donors (Lipinski definition) is 3. The van der Waals surface area contributed by atoms with Gasteiger partial charge < -0.3 is 16.0 Å². The lowest BCUT2D eigenvalue weighted by molar-refractivity contribution is 0.102. The van der Waals surface area contributed by atoms with Crippen LogP contribution < -0.4 is 16.0 Å². The number of carbonyl (C=O) groups excluding carboxylic acids is 2. The van der Waals surface area contributed by atoms with Crippen LogP contribution in [0.15, 0.2) is 66.7 Å². The van der Waals surface area contributed by atoms with Crippen molar-refractivity contribution in [2.24, 2.45) is 0 Å². The van der Waals surface area contributed by atoms with Crippen molar-refractivity contribution in [2.75, 3.05) is 17.7 Å². The summed E-state index contributed by atoms with van der Waals surface area (Å²) in [4.78, 5) is 28.4. The molecule has 0 aliphatic rings. The van der Waals surface area contributed by atoms with Crippen molar-refractivity contribution in [1.29, 1.82) is 0 Å². The Kier molecular flexibility index (Phi) is 5.47. The van der Waals surface area contributed by atoms with E-state index < -0.39 is 0 Å². The van der Waals surface area contributed by atoms with Gasteiger partial charge in [0.05, 0.1) is 17.0 Å². The smallest absolute Gasteiger partial charge is 0.318 e. The Bertz CT molecular complexity index is 954. The standard InChI is InChI=1S/C21H20N4O2/c1-14-18(12-13-19(23-14)15-6-4-3-5-7-15)20(26)24-16-8-10-17(11-9-16)25-21(27)22-2/h3-13H,1-2H3,(H,24,26)(H2,22,25,27). The number of aryl methyl sites for hydroxylation is 1. The molecule has 0 bridgehead atoms. The Morgan fingerprint density at radius 2 is 1.44 bits per heavy atom. The van der Waals surface area contributed by atoms with E-state index in [9.17, 15) is 9.59 Å². The lowest BCUT2D eigenvalue weighted by Gasteiger charge is -2.10. The molecular formula is C21H20N4O2. The number of hydrogen-bond acceptors (Lipinski definition) is 3. The monoisotopic (exact) mass is 360 g/mol. The molecule has 1 heterocycles. The first-order valence-corrected chi connectivity index (χ1v) is 8.50. The summed E-state index contributed by atoms with van der Waals surface area (Å²) < 4.78 is 0. The first-order chi connectivity index (χ1) is 13.1. The molecule has 3 N–H and O–H groups in total. The highest BCUT2D eigenvalue weighted by molar-refractivity contribution is 6.05. The quantitative estimate of drug-likeness (QED) is 0.656. The summed E-state index contributed by atoms with van der Waals surface area (Å²) in [5, 5.41) is 7.99. The van der Waals surface area contributed by atoms with Crippen molar-refractivity contribution in [2.45, 2.75) is 6.92 Å². The van der Waals surface area contributed by atoms with E-state index >= 15 is 0 Å². The first-order valence-electron chi connectivity index (χ1n) is 8.50. The number of nitrogens with zero attached hydrogens (tertiary/aromatic N) is 1. The van der Waals surface area contributed by atoms with Crippen molar-refractivity contribution in [3.63, 3.8) is 0 Å². The van der Waals surface area contributed by atoms with Gasteiger partial charge >= 0.3 is 6.03 Å². The van der Waals surface area contributed by atoms with Gasteiger partial charge in [0.1, 0.15) is 0 Å². The third-order valence-electron chi connectivity index (χ3n) is 4.03. The summed E-state index contributed by atoms with van der Waals surface area (Å²) in [7, 11) is 1.55. The predicted molar refractivity (Wildman–Crippen MR) is 107 cm³/mol. The van der Waals surface area contributed by atoms with E-state index in [4.69, 9.17) is 0 Å². The van der Waals surface area contributed by atoms with E-state index in [1.165, 1.54) is 0 Å². The average molecular weight is 360 g/mol. The van der Waals surface area contributed by atoms with Gasteiger partial charge in [-0.3, -0.25) is 9.78 Å². The van der Waals surface area contributed by atoms with Gasteiger partial charge in [-0.25, -0.2) is 4.79 Å². The number of nitrogens with one attached hydrogen (secondary N) is 3. The largest absolute Gasteiger partial charge is 0.341 e. The molecule has 0 aliphatic carbocycles. The van der Waals surface area contributed by atoms with Gasteiger partial charge in [-0.05, 0) is 43.3 Å². The minimum atomic E-state index is -0.299. The van der Waals surface area contributed by atoms with E-state index in [0.717, 1.165) is 11.3 Å². The molecule has 2 aromatic carbocycles. The molecule has 0 radical (unpaired) electrons. The summed E-state index contributed by atoms with van der Waals surface area (Å²) in [5.41, 5.74) is 4.28. The fraction of sp³-hybridized carbons (Fsp3) is 0.0952. The zero-order chi connectivity index (χ0) is 19.2. The molecule has 1 aromatic heterocycles. The summed E-state index contributed by atoms with van der Waals surface area (Å²) >= 11 is 0. The number of rotatable bonds is 4. The minimum Gasteiger partial charge on any atom is -0.341 e. The summed E-state index contributed by atoms with van der Waals surface area (Å²) in [6.07, 6.45) is 0. The number of amides is 3. The molecule has 6 nitrogen and oxygen atoms in total. The molecule has 0 aliphatic heterocycles. The summed E-state index contributed by atoms with van der Waals surface area (Å²) in [6.45, 7) is 1.82. The maximum absolute atomic E-state index is 12.6. The van der Waals surface area contributed by atoms with Gasteiger partial charge in [-0.15, -0.1) is 0 Å². The molecular weight excluding hydrogens is 340 g/mol. The van der Waals surface area contributed by atoms with Gasteiger partial charge in [-0.1, -0.05) is 30.3 Å². The molecule has 0 spiro atoms. The van der Waals surface area contributed by atoms with Gasteiger partial charge in [0.15, 0.2) is 0 Å². The summed E-state index contributed by atoms with van der Waals surface area (Å²) in [6, 6.07) is 20.0. The van der Waals surface area contributed by atoms with Gasteiger partial charge in [0.2, 0.25) is 0 Å². The molecule has 0 fully saturated rings. The summed E-state index contributed by atoms with van der Waals surface area (Å²) in [5.74, 6) is -0.230. The molecule has 27 heavy (non-hydrogen) atoms. The maximum atomic E-state index is 12.6. The van der Waals surface area contributed by atoms with Crippen LogP contribution in [-0.2, 0) is 0 Å². The number of urea groups is 1. The highest BCUT2D eigenvalue weighted by Gasteiger charge is 2.12. The number of carbonyl (C=O) groups is 2. The van der Waals surface area contributed by atoms with Crippen LogP contribution in [0.4, 0.5) is 16.2 Å². The molecule has 0 saturated heterocycles. The molecule has 3 rings (SSSR count). The molecule has 3 aromatic rings. The normalized spacial score (nSPS) is 10.1. The van der Waals surface area contributed by atoms with Crippen molar-refractivity contribution in [3.8, 4) is 11.3 Å². The zero-order valence-electron chi connectivity index (χ0n) is 15.1. The van der Waals surface area contributed by atoms with Crippen LogP contribution in [-0.4, -0.2) is 24.0 Å². The first kappa shape index (κ1) is 18.1. The van der Waals surface area contributed by atoms with Crippen LogP contribution >= 0.6 is 0 Å². The predicted octanol–water partition coefficient (Wildman–Crippen LogP) is 4.06. The molecule has 3 amide bonds. The number of aromatic nitrogens is 1. The molecule has 0 saturated carbocycles. The fourth-order valence-corrected chi connectivity index (χ4v) is 2.60. The number of benzene rings is 2. The Morgan fingerprint density at radius 3 is 2.04 bits per heavy atom. The zero-order valence-corrected chi connectivity index (χ0v) is 15.1. The van der Waals surface area contributed by atoms with Crippen LogP contribution in [0.25, 0.3) is 11.3 Å². The van der Waals surface area contributed by atoms with Crippen LogP contribution in [0.2, 0.25) is 0 Å². The van der Waals surface area contributed by atoms with Crippen molar-refractivity contribution in [3.05, 3.63) is 78.0 Å². The van der Waals surface area contributed by atoms with E-state index in [2.05, 4.69) is 20.9 Å². The Morgan fingerprint density at radius 1 is 0.815 bits per heavy atom. The Hall–Kier alpha value is -3.67. The number of anilines is 2. The molecule has 136 valence electrons. The van der Waals surface area contributed by atoms with E-state index in [1.54, 1.807) is 37.4 Å². The van der Waals surface area contributed by atoms with Crippen molar-refractivity contribution >= 4 is 23.3 Å². The second kappa shape index (κ2) is 8.14. The SMILES string of the molecule is CNC(=O)Nc1ccc(NC(=O)c2ccc(-c3ccccc3)nc2C)cc1. The fourth-order valence-electron chi connectivity index (χ4n) is 2.60. The van der Waals surface area contributed by atoms with Gasteiger partial charge in [0.25, 0.3) is 5.91 Å². The maximum Gasteiger partial charge on any atom is 0.318 e. The highest BCUT2D eigenvalue weighted by Crippen LogP contribution is 2.20. The van der Waals surface area contributed by atoms with Crippen molar-refractivity contribution in [1.82, 2.24) is 10.3 Å². The third kappa shape index (κ3) is 4.49. The van der Waals surface area contributed by atoms with Crippen molar-refractivity contribution < 1.29 is 9.59 Å². The van der Waals surface area contributed by atoms with Crippen LogP contribution in [0.1, 0.15) is 16.1 Å². The lowest BCUT2D eigenvalue weighted by Crippen LogP contribution is -2.24. The van der Waals surface area contributed by atoms with Crippen LogP contribution in [0, 0.1) is 6.92 Å². The Balaban J connectivity index is 1.72. The molecule has 0 atom stereocenters. The van der Waals surface area contributed by atoms with E-state index in [0.29, 0.717) is 22.6 Å². The average Bonchev–Trinajstić information content (AvgIpc) is 2.69. The molecule has 6 heteroatoms.